The minimum absolute atomic E-state index is 0.0569. The highest BCUT2D eigenvalue weighted by atomic mass is 19.1. The molecule has 1 aliphatic carbocycles. The van der Waals surface area contributed by atoms with Crippen molar-refractivity contribution in [2.45, 2.75) is 31.8 Å². The summed E-state index contributed by atoms with van der Waals surface area (Å²) in [4.78, 5) is 10.00. The number of hydrogen-bond donors (Lipinski definition) is 2. The molecule has 126 valence electrons. The summed E-state index contributed by atoms with van der Waals surface area (Å²) in [6.45, 7) is 1.83. The molecule has 1 heterocycles. The summed E-state index contributed by atoms with van der Waals surface area (Å²) in [5, 5.41) is 24.3. The molecule has 7 heteroatoms. The molecule has 0 bridgehead atoms. The van der Waals surface area contributed by atoms with Crippen molar-refractivity contribution in [2.24, 2.45) is 11.3 Å². The molecular formula is C16H21FN2O4. The van der Waals surface area contributed by atoms with Gasteiger partial charge in [-0.1, -0.05) is 0 Å². The zero-order valence-corrected chi connectivity index (χ0v) is 12.8. The fraction of sp³-hybridized carbons (Fsp3) is 0.625. The Bertz CT molecular complexity index is 589. The summed E-state index contributed by atoms with van der Waals surface area (Å²) in [5.74, 6) is -0.588. The quantitative estimate of drug-likeness (QED) is 0.657. The van der Waals surface area contributed by atoms with E-state index >= 15 is 0 Å². The molecule has 6 nitrogen and oxygen atoms in total. The predicted octanol–water partition coefficient (Wildman–Crippen LogP) is 2.71. The fourth-order valence-electron chi connectivity index (χ4n) is 3.82. The van der Waals surface area contributed by atoms with Crippen LogP contribution < -0.4 is 5.32 Å². The monoisotopic (exact) mass is 324 g/mol. The Balaban J connectivity index is 1.62. The highest BCUT2D eigenvalue weighted by Crippen LogP contribution is 2.48. The first kappa shape index (κ1) is 16.1. The summed E-state index contributed by atoms with van der Waals surface area (Å²) in [6.07, 6.45) is 3.18. The molecule has 1 aliphatic heterocycles. The maximum Gasteiger partial charge on any atom is 0.272 e. The smallest absolute Gasteiger partial charge is 0.272 e. The standard InChI is InChI=1S/C16H21FN2O4/c17-13-9-12(19(21)22)1-2-14(13)18-10-11-3-4-16(15(11)20)5-7-23-8-6-16/h1-2,9,11,15,18,20H,3-8,10H2. The lowest BCUT2D eigenvalue weighted by Crippen LogP contribution is -2.40. The van der Waals surface area contributed by atoms with Crippen molar-refractivity contribution in [2.75, 3.05) is 25.1 Å². The van der Waals surface area contributed by atoms with Gasteiger partial charge < -0.3 is 15.2 Å². The number of rotatable bonds is 4. The Labute approximate surface area is 133 Å². The van der Waals surface area contributed by atoms with E-state index < -0.39 is 16.8 Å². The lowest BCUT2D eigenvalue weighted by Gasteiger charge is -2.37. The van der Waals surface area contributed by atoms with Gasteiger partial charge in [-0.15, -0.1) is 0 Å². The van der Waals surface area contributed by atoms with Crippen molar-refractivity contribution < 1.29 is 19.2 Å². The van der Waals surface area contributed by atoms with E-state index in [1.165, 1.54) is 12.1 Å². The number of halogens is 1. The third kappa shape index (κ3) is 3.16. The molecule has 1 spiro atoms. The van der Waals surface area contributed by atoms with Gasteiger partial charge in [-0.3, -0.25) is 10.1 Å². The summed E-state index contributed by atoms with van der Waals surface area (Å²) in [7, 11) is 0. The Morgan fingerprint density at radius 2 is 2.13 bits per heavy atom. The minimum Gasteiger partial charge on any atom is -0.392 e. The molecule has 3 rings (SSSR count). The first-order chi connectivity index (χ1) is 11.0. The van der Waals surface area contributed by atoms with Gasteiger partial charge in [0.25, 0.3) is 5.69 Å². The Morgan fingerprint density at radius 3 is 2.78 bits per heavy atom. The molecule has 2 fully saturated rings. The number of aliphatic hydroxyl groups is 1. The number of non-ortho nitro benzene ring substituents is 1. The van der Waals surface area contributed by atoms with E-state index in [-0.39, 0.29) is 22.7 Å². The van der Waals surface area contributed by atoms with E-state index in [2.05, 4.69) is 5.32 Å². The molecule has 1 saturated heterocycles. The van der Waals surface area contributed by atoms with Crippen LogP contribution in [0.1, 0.15) is 25.7 Å². The van der Waals surface area contributed by atoms with Crippen molar-refractivity contribution in [1.29, 1.82) is 0 Å². The van der Waals surface area contributed by atoms with Crippen LogP contribution in [-0.2, 0) is 4.74 Å². The zero-order chi connectivity index (χ0) is 16.4. The summed E-state index contributed by atoms with van der Waals surface area (Å²) >= 11 is 0. The van der Waals surface area contributed by atoms with Gasteiger partial charge in [-0.25, -0.2) is 4.39 Å². The van der Waals surface area contributed by atoms with Crippen LogP contribution in [0.2, 0.25) is 0 Å². The molecule has 0 aromatic heterocycles. The number of nitro benzene ring substituents is 1. The second kappa shape index (κ2) is 6.41. The SMILES string of the molecule is O=[N+]([O-])c1ccc(NCC2CCC3(CCOCC3)C2O)c(F)c1. The third-order valence-corrected chi connectivity index (χ3v) is 5.29. The van der Waals surface area contributed by atoms with E-state index in [1.54, 1.807) is 0 Å². The molecule has 1 aromatic carbocycles. The van der Waals surface area contributed by atoms with E-state index in [0.717, 1.165) is 31.7 Å². The van der Waals surface area contributed by atoms with E-state index in [0.29, 0.717) is 19.8 Å². The van der Waals surface area contributed by atoms with Crippen molar-refractivity contribution in [1.82, 2.24) is 0 Å². The van der Waals surface area contributed by atoms with Gasteiger partial charge in [0.05, 0.1) is 22.8 Å². The van der Waals surface area contributed by atoms with Gasteiger partial charge in [0, 0.05) is 37.2 Å². The maximum absolute atomic E-state index is 13.9. The number of hydrogen-bond acceptors (Lipinski definition) is 5. The number of aliphatic hydroxyl groups excluding tert-OH is 1. The van der Waals surface area contributed by atoms with Crippen molar-refractivity contribution in [3.05, 3.63) is 34.1 Å². The van der Waals surface area contributed by atoms with Crippen LogP contribution in [0.4, 0.5) is 15.8 Å². The lowest BCUT2D eigenvalue weighted by atomic mass is 9.76. The summed E-state index contributed by atoms with van der Waals surface area (Å²) in [5.41, 5.74) is -0.0932. The molecule has 0 radical (unpaired) electrons. The van der Waals surface area contributed by atoms with E-state index in [9.17, 15) is 19.6 Å². The van der Waals surface area contributed by atoms with Crippen molar-refractivity contribution in [3.63, 3.8) is 0 Å². The Morgan fingerprint density at radius 1 is 1.39 bits per heavy atom. The van der Waals surface area contributed by atoms with Crippen molar-refractivity contribution in [3.8, 4) is 0 Å². The fourth-order valence-corrected chi connectivity index (χ4v) is 3.82. The van der Waals surface area contributed by atoms with Crippen LogP contribution in [0, 0.1) is 27.3 Å². The van der Waals surface area contributed by atoms with Gasteiger partial charge in [-0.05, 0) is 31.7 Å². The van der Waals surface area contributed by atoms with Crippen LogP contribution in [-0.4, -0.2) is 35.9 Å². The van der Waals surface area contributed by atoms with Crippen molar-refractivity contribution >= 4 is 11.4 Å². The van der Waals surface area contributed by atoms with Crippen LogP contribution >= 0.6 is 0 Å². The number of anilines is 1. The van der Waals surface area contributed by atoms with Crippen LogP contribution in [0.5, 0.6) is 0 Å². The van der Waals surface area contributed by atoms with E-state index in [4.69, 9.17) is 4.74 Å². The maximum atomic E-state index is 13.9. The second-order valence-electron chi connectivity index (χ2n) is 6.52. The van der Waals surface area contributed by atoms with Gasteiger partial charge in [0.2, 0.25) is 0 Å². The topological polar surface area (TPSA) is 84.6 Å². The van der Waals surface area contributed by atoms with Crippen LogP contribution in [0.25, 0.3) is 0 Å². The number of ether oxygens (including phenoxy) is 1. The molecule has 23 heavy (non-hydrogen) atoms. The predicted molar refractivity (Wildman–Crippen MR) is 82.8 cm³/mol. The molecule has 1 saturated carbocycles. The summed E-state index contributed by atoms with van der Waals surface area (Å²) in [6, 6.07) is 3.56. The minimum atomic E-state index is -0.646. The average molecular weight is 324 g/mol. The molecule has 2 unspecified atom stereocenters. The Hall–Kier alpha value is -1.73. The van der Waals surface area contributed by atoms with Gasteiger partial charge >= 0.3 is 0 Å². The van der Waals surface area contributed by atoms with Crippen LogP contribution in [0.3, 0.4) is 0 Å². The van der Waals surface area contributed by atoms with Gasteiger partial charge in [-0.2, -0.15) is 0 Å². The number of nitro groups is 1. The van der Waals surface area contributed by atoms with E-state index in [1.807, 2.05) is 0 Å². The first-order valence-electron chi connectivity index (χ1n) is 7.95. The normalized spacial score (nSPS) is 26.3. The molecular weight excluding hydrogens is 303 g/mol. The number of nitrogens with zero attached hydrogens (tertiary/aromatic N) is 1. The molecule has 2 aliphatic rings. The highest BCUT2D eigenvalue weighted by Gasteiger charge is 2.47. The lowest BCUT2D eigenvalue weighted by molar-refractivity contribution is -0.385. The van der Waals surface area contributed by atoms with Gasteiger partial charge in [0.15, 0.2) is 5.82 Å². The third-order valence-electron chi connectivity index (χ3n) is 5.29. The first-order valence-corrected chi connectivity index (χ1v) is 7.95. The van der Waals surface area contributed by atoms with Gasteiger partial charge in [0.1, 0.15) is 0 Å². The number of nitrogens with one attached hydrogen (secondary N) is 1. The summed E-state index contributed by atoms with van der Waals surface area (Å²) < 4.78 is 19.3. The highest BCUT2D eigenvalue weighted by molar-refractivity contribution is 5.50. The number of benzene rings is 1. The largest absolute Gasteiger partial charge is 0.392 e. The second-order valence-corrected chi connectivity index (χ2v) is 6.52. The Kier molecular flexibility index (Phi) is 4.50. The average Bonchev–Trinajstić information content (AvgIpc) is 2.83. The zero-order valence-electron chi connectivity index (χ0n) is 12.8. The molecule has 2 atom stereocenters. The molecule has 2 N–H and O–H groups in total. The van der Waals surface area contributed by atoms with Crippen LogP contribution in [0.15, 0.2) is 18.2 Å². The molecule has 1 aromatic rings. The molecule has 0 amide bonds.